The molecule has 1 unspecified atom stereocenters. The summed E-state index contributed by atoms with van der Waals surface area (Å²) in [6, 6.07) is 3.79. The summed E-state index contributed by atoms with van der Waals surface area (Å²) in [5.41, 5.74) is 0.576. The molecule has 1 fully saturated rings. The molecule has 0 spiro atoms. The van der Waals surface area contributed by atoms with Crippen LogP contribution >= 0.6 is 23.2 Å². The predicted molar refractivity (Wildman–Crippen MR) is 73.9 cm³/mol. The summed E-state index contributed by atoms with van der Waals surface area (Å²) in [5, 5.41) is 19.4. The van der Waals surface area contributed by atoms with E-state index in [1.165, 1.54) is 11.0 Å². The van der Waals surface area contributed by atoms with Gasteiger partial charge in [0.05, 0.1) is 12.5 Å². The zero-order valence-electron chi connectivity index (χ0n) is 10.4. The largest absolute Gasteiger partial charge is 0.480 e. The van der Waals surface area contributed by atoms with E-state index < -0.39 is 18.1 Å². The molecule has 1 aliphatic heterocycles. The molecule has 2 N–H and O–H groups in total. The Morgan fingerprint density at radius 3 is 2.65 bits per heavy atom. The van der Waals surface area contributed by atoms with Gasteiger partial charge in [0, 0.05) is 23.0 Å². The van der Waals surface area contributed by atoms with Gasteiger partial charge in [0.25, 0.3) is 0 Å². The summed E-state index contributed by atoms with van der Waals surface area (Å²) < 4.78 is 0. The van der Waals surface area contributed by atoms with Gasteiger partial charge in [-0.2, -0.15) is 0 Å². The number of rotatable bonds is 3. The molecule has 0 bridgehead atoms. The highest BCUT2D eigenvalue weighted by molar-refractivity contribution is 6.35. The molecule has 1 amide bonds. The minimum absolute atomic E-state index is 0.0213. The number of halogens is 2. The molecule has 2 rings (SSSR count). The average molecular weight is 318 g/mol. The molecular formula is C13H13Cl2NO4. The predicted octanol–water partition coefficient (Wildman–Crippen LogP) is 1.58. The van der Waals surface area contributed by atoms with Crippen molar-refractivity contribution < 1.29 is 19.8 Å². The van der Waals surface area contributed by atoms with E-state index in [0.29, 0.717) is 15.6 Å². The van der Waals surface area contributed by atoms with Crippen molar-refractivity contribution in [2.24, 2.45) is 0 Å². The van der Waals surface area contributed by atoms with Crippen LogP contribution < -0.4 is 0 Å². The topological polar surface area (TPSA) is 77.8 Å². The molecule has 0 aromatic heterocycles. The lowest BCUT2D eigenvalue weighted by Crippen LogP contribution is -2.41. The number of carboxylic acid groups (broad SMARTS) is 1. The lowest BCUT2D eigenvalue weighted by atomic mass is 10.1. The maximum absolute atomic E-state index is 12.2. The smallest absolute Gasteiger partial charge is 0.326 e. The number of aliphatic hydroxyl groups excluding tert-OH is 1. The van der Waals surface area contributed by atoms with Crippen LogP contribution in [0.2, 0.25) is 10.0 Å². The number of likely N-dealkylation sites (tertiary alicyclic amines) is 1. The molecule has 1 aliphatic rings. The summed E-state index contributed by atoms with van der Waals surface area (Å²) in [7, 11) is 0. The number of benzene rings is 1. The lowest BCUT2D eigenvalue weighted by molar-refractivity contribution is -0.148. The fraction of sp³-hybridized carbons (Fsp3) is 0.385. The first kappa shape index (κ1) is 15.1. The molecule has 2 atom stereocenters. The van der Waals surface area contributed by atoms with E-state index >= 15 is 0 Å². The molecule has 108 valence electrons. The molecule has 1 aromatic carbocycles. The van der Waals surface area contributed by atoms with Gasteiger partial charge in [-0.15, -0.1) is 0 Å². The van der Waals surface area contributed by atoms with Crippen molar-refractivity contribution in [3.05, 3.63) is 33.8 Å². The first-order valence-corrected chi connectivity index (χ1v) is 6.78. The number of aliphatic carboxylic acids is 1. The highest BCUT2D eigenvalue weighted by Crippen LogP contribution is 2.24. The minimum atomic E-state index is -1.11. The van der Waals surface area contributed by atoms with Crippen LogP contribution in [-0.4, -0.2) is 45.7 Å². The van der Waals surface area contributed by atoms with Crippen molar-refractivity contribution in [2.45, 2.75) is 25.0 Å². The third-order valence-electron chi connectivity index (χ3n) is 3.24. The fourth-order valence-corrected chi connectivity index (χ4v) is 2.73. The first-order chi connectivity index (χ1) is 9.38. The molecule has 0 aliphatic carbocycles. The molecule has 1 heterocycles. The second-order valence-corrected chi connectivity index (χ2v) is 5.55. The van der Waals surface area contributed by atoms with E-state index in [4.69, 9.17) is 28.3 Å². The van der Waals surface area contributed by atoms with Crippen molar-refractivity contribution in [3.8, 4) is 0 Å². The maximum Gasteiger partial charge on any atom is 0.326 e. The standard InChI is InChI=1S/C13H13Cl2NO4/c14-8-2-1-7(10(15)4-8)3-12(18)16-6-9(17)5-11(16)13(19)20/h1-2,4,9,11,17H,3,5-6H2,(H,19,20)/t9?,11-/m0/s1. The molecule has 5 nitrogen and oxygen atoms in total. The highest BCUT2D eigenvalue weighted by atomic mass is 35.5. The van der Waals surface area contributed by atoms with Crippen molar-refractivity contribution in [1.82, 2.24) is 4.90 Å². The molecule has 7 heteroatoms. The van der Waals surface area contributed by atoms with E-state index in [2.05, 4.69) is 0 Å². The lowest BCUT2D eigenvalue weighted by Gasteiger charge is -2.21. The van der Waals surface area contributed by atoms with E-state index in [1.807, 2.05) is 0 Å². The van der Waals surface area contributed by atoms with Gasteiger partial charge in [-0.25, -0.2) is 4.79 Å². The monoisotopic (exact) mass is 317 g/mol. The van der Waals surface area contributed by atoms with E-state index in [1.54, 1.807) is 12.1 Å². The van der Waals surface area contributed by atoms with Crippen LogP contribution in [0.25, 0.3) is 0 Å². The Bertz CT molecular complexity index is 549. The Balaban J connectivity index is 2.13. The number of carboxylic acids is 1. The third-order valence-corrected chi connectivity index (χ3v) is 3.83. The van der Waals surface area contributed by atoms with Gasteiger partial charge in [0.2, 0.25) is 5.91 Å². The molecule has 1 saturated heterocycles. The Kier molecular flexibility index (Phi) is 4.52. The zero-order chi connectivity index (χ0) is 14.9. The number of carbonyl (C=O) groups is 2. The number of β-amino-alcohol motifs (C(OH)–C–C–N with tert-alkyl or cyclic N) is 1. The van der Waals surface area contributed by atoms with Gasteiger partial charge in [0.15, 0.2) is 0 Å². The number of carbonyl (C=O) groups excluding carboxylic acids is 1. The number of hydrogen-bond acceptors (Lipinski definition) is 3. The van der Waals surface area contributed by atoms with Crippen molar-refractivity contribution in [2.75, 3.05) is 6.54 Å². The number of hydrogen-bond donors (Lipinski definition) is 2. The van der Waals surface area contributed by atoms with Crippen molar-refractivity contribution in [3.63, 3.8) is 0 Å². The van der Waals surface area contributed by atoms with E-state index in [9.17, 15) is 14.7 Å². The van der Waals surface area contributed by atoms with Gasteiger partial charge in [-0.1, -0.05) is 29.3 Å². The molecule has 1 aromatic rings. The average Bonchev–Trinajstić information content (AvgIpc) is 2.75. The highest BCUT2D eigenvalue weighted by Gasteiger charge is 2.38. The van der Waals surface area contributed by atoms with Crippen LogP contribution in [0.4, 0.5) is 0 Å². The molecular weight excluding hydrogens is 305 g/mol. The van der Waals surface area contributed by atoms with Crippen LogP contribution in [0.5, 0.6) is 0 Å². The molecule has 20 heavy (non-hydrogen) atoms. The quantitative estimate of drug-likeness (QED) is 0.887. The van der Waals surface area contributed by atoms with E-state index in [0.717, 1.165) is 0 Å². The van der Waals surface area contributed by atoms with Crippen LogP contribution in [-0.2, 0) is 16.0 Å². The van der Waals surface area contributed by atoms with Gasteiger partial charge in [-0.05, 0) is 17.7 Å². The first-order valence-electron chi connectivity index (χ1n) is 6.02. The van der Waals surface area contributed by atoms with Crippen LogP contribution in [0.15, 0.2) is 18.2 Å². The fourth-order valence-electron chi connectivity index (χ4n) is 2.25. The zero-order valence-corrected chi connectivity index (χ0v) is 11.9. The number of aliphatic hydroxyl groups is 1. The van der Waals surface area contributed by atoms with Gasteiger partial charge in [-0.3, -0.25) is 4.79 Å². The second-order valence-electron chi connectivity index (χ2n) is 4.70. The van der Waals surface area contributed by atoms with Gasteiger partial charge in [0.1, 0.15) is 6.04 Å². The molecule has 0 saturated carbocycles. The maximum atomic E-state index is 12.2. The van der Waals surface area contributed by atoms with E-state index in [-0.39, 0.29) is 25.3 Å². The van der Waals surface area contributed by atoms with Crippen LogP contribution in [0.1, 0.15) is 12.0 Å². The summed E-state index contributed by atoms with van der Waals surface area (Å²) in [6.45, 7) is 0.0288. The SMILES string of the molecule is O=C(O)[C@@H]1CC(O)CN1C(=O)Cc1ccc(Cl)cc1Cl. The normalized spacial score (nSPS) is 22.1. The Hall–Kier alpha value is -1.30. The van der Waals surface area contributed by atoms with Crippen molar-refractivity contribution in [1.29, 1.82) is 0 Å². The van der Waals surface area contributed by atoms with Gasteiger partial charge < -0.3 is 15.1 Å². The summed E-state index contributed by atoms with van der Waals surface area (Å²) in [5.74, 6) is -1.49. The third kappa shape index (κ3) is 3.23. The minimum Gasteiger partial charge on any atom is -0.480 e. The number of amides is 1. The Morgan fingerprint density at radius 1 is 1.35 bits per heavy atom. The second kappa shape index (κ2) is 5.99. The van der Waals surface area contributed by atoms with Crippen LogP contribution in [0, 0.1) is 0 Å². The van der Waals surface area contributed by atoms with Crippen LogP contribution in [0.3, 0.4) is 0 Å². The van der Waals surface area contributed by atoms with Gasteiger partial charge >= 0.3 is 5.97 Å². The summed E-state index contributed by atoms with van der Waals surface area (Å²) in [6.07, 6.45) is -0.775. The van der Waals surface area contributed by atoms with Crippen molar-refractivity contribution >= 4 is 35.1 Å². The Morgan fingerprint density at radius 2 is 2.05 bits per heavy atom. The summed E-state index contributed by atoms with van der Waals surface area (Å²) >= 11 is 11.8. The Labute approximate surface area is 125 Å². The number of nitrogens with zero attached hydrogens (tertiary/aromatic N) is 1. The summed E-state index contributed by atoms with van der Waals surface area (Å²) in [4.78, 5) is 24.4. The molecule has 0 radical (unpaired) electrons.